The Morgan fingerprint density at radius 2 is 1.77 bits per heavy atom. The molecule has 0 aromatic heterocycles. The number of rotatable bonds is 7. The van der Waals surface area contributed by atoms with E-state index in [4.69, 9.17) is 32.7 Å². The van der Waals surface area contributed by atoms with E-state index in [9.17, 15) is 4.79 Å². The molecule has 0 radical (unpaired) electrons. The van der Waals surface area contributed by atoms with E-state index >= 15 is 0 Å². The molecule has 1 saturated heterocycles. The molecule has 2 aromatic carbocycles. The van der Waals surface area contributed by atoms with Crippen LogP contribution in [0.15, 0.2) is 36.4 Å². The van der Waals surface area contributed by atoms with Crippen LogP contribution in [0.2, 0.25) is 10.0 Å². The van der Waals surface area contributed by atoms with Crippen LogP contribution in [0.5, 0.6) is 11.5 Å². The lowest BCUT2D eigenvalue weighted by molar-refractivity contribution is 0.0134. The number of nitrogens with zero attached hydrogens (tertiary/aromatic N) is 2. The van der Waals surface area contributed by atoms with Crippen molar-refractivity contribution in [2.75, 3.05) is 44.2 Å². The van der Waals surface area contributed by atoms with Crippen molar-refractivity contribution in [2.24, 2.45) is 0 Å². The number of hydrogen-bond donors (Lipinski definition) is 0. The van der Waals surface area contributed by atoms with Gasteiger partial charge in [-0.15, -0.1) is 0 Å². The first-order valence-corrected chi connectivity index (χ1v) is 13.7. The predicted octanol–water partition coefficient (Wildman–Crippen LogP) is 6.64. The summed E-state index contributed by atoms with van der Waals surface area (Å²) in [5.41, 5.74) is 1.44. The van der Waals surface area contributed by atoms with Crippen LogP contribution in [0.25, 0.3) is 0 Å². The number of anilines is 1. The minimum atomic E-state index is -0.289. The van der Waals surface area contributed by atoms with Crippen LogP contribution >= 0.6 is 23.2 Å². The van der Waals surface area contributed by atoms with E-state index in [1.54, 1.807) is 0 Å². The molecule has 35 heavy (non-hydrogen) atoms. The maximum absolute atomic E-state index is 12.7. The molecule has 1 aliphatic carbocycles. The van der Waals surface area contributed by atoms with Gasteiger partial charge in [-0.05, 0) is 69.3 Å². The van der Waals surface area contributed by atoms with E-state index < -0.39 is 0 Å². The second-order valence-electron chi connectivity index (χ2n) is 10.1. The highest BCUT2D eigenvalue weighted by Crippen LogP contribution is 2.43. The fourth-order valence-corrected chi connectivity index (χ4v) is 6.03. The highest BCUT2D eigenvalue weighted by molar-refractivity contribution is 6.43. The number of Topliss-reactive ketones (excluding diaryl/α,β-unsaturated/α-hetero) is 1. The van der Waals surface area contributed by atoms with Gasteiger partial charge >= 0.3 is 0 Å². The van der Waals surface area contributed by atoms with Gasteiger partial charge < -0.3 is 14.4 Å². The van der Waals surface area contributed by atoms with E-state index in [-0.39, 0.29) is 11.4 Å². The molecule has 5 rings (SSSR count). The SMILES string of the molecule is O=C1CC2(CCCCC2)Oc2cc(OCCCCN3CCN(c4cccc(Cl)c4Cl)CC3)ccc21. The Kier molecular flexibility index (Phi) is 7.76. The Morgan fingerprint density at radius 1 is 0.971 bits per heavy atom. The van der Waals surface area contributed by atoms with Gasteiger partial charge in [-0.2, -0.15) is 0 Å². The number of piperazine rings is 1. The van der Waals surface area contributed by atoms with E-state index in [0.717, 1.165) is 82.7 Å². The summed E-state index contributed by atoms with van der Waals surface area (Å²) in [4.78, 5) is 17.5. The fraction of sp³-hybridized carbons (Fsp3) is 0.536. The zero-order valence-corrected chi connectivity index (χ0v) is 21.8. The Morgan fingerprint density at radius 3 is 2.57 bits per heavy atom. The van der Waals surface area contributed by atoms with Crippen molar-refractivity contribution in [1.82, 2.24) is 4.90 Å². The first kappa shape index (κ1) is 24.7. The summed E-state index contributed by atoms with van der Waals surface area (Å²) in [5.74, 6) is 1.70. The second-order valence-corrected chi connectivity index (χ2v) is 10.8. The molecule has 0 atom stereocenters. The normalized spacial score (nSPS) is 19.9. The second kappa shape index (κ2) is 11.0. The summed E-state index contributed by atoms with van der Waals surface area (Å²) in [6.45, 7) is 5.65. The molecule has 3 aliphatic rings. The number of carbonyl (C=O) groups excluding carboxylic acids is 1. The molecule has 188 valence electrons. The van der Waals surface area contributed by atoms with Gasteiger partial charge in [0.1, 0.15) is 17.1 Å². The lowest BCUT2D eigenvalue weighted by Crippen LogP contribution is -2.46. The third kappa shape index (κ3) is 5.73. The number of unbranched alkanes of at least 4 members (excludes halogenated alkanes) is 1. The molecule has 5 nitrogen and oxygen atoms in total. The quantitative estimate of drug-likeness (QED) is 0.385. The topological polar surface area (TPSA) is 42.0 Å². The highest BCUT2D eigenvalue weighted by atomic mass is 35.5. The van der Waals surface area contributed by atoms with Crippen molar-refractivity contribution >= 4 is 34.7 Å². The molecular weight excluding hydrogens is 483 g/mol. The molecule has 2 fully saturated rings. The molecule has 0 unspecified atom stereocenters. The predicted molar refractivity (Wildman–Crippen MR) is 142 cm³/mol. The van der Waals surface area contributed by atoms with Crippen LogP contribution in [-0.4, -0.2) is 55.6 Å². The van der Waals surface area contributed by atoms with E-state index in [1.807, 2.05) is 36.4 Å². The standard InChI is InChI=1S/C28H34Cl2N2O3/c29-23-7-6-8-24(27(23)30)32-16-14-31(15-17-32)13-4-5-18-34-21-9-10-22-25(33)20-28(35-26(22)19-21)11-2-1-3-12-28/h6-10,19H,1-5,11-18,20H2. The summed E-state index contributed by atoms with van der Waals surface area (Å²) in [6.07, 6.45) is 8.06. The first-order chi connectivity index (χ1) is 17.0. The molecular formula is C28H34Cl2N2O3. The molecule has 1 saturated carbocycles. The zero-order valence-electron chi connectivity index (χ0n) is 20.2. The molecule has 0 amide bonds. The van der Waals surface area contributed by atoms with Crippen molar-refractivity contribution in [1.29, 1.82) is 0 Å². The zero-order chi connectivity index (χ0) is 24.3. The molecule has 1 spiro atoms. The lowest BCUT2D eigenvalue weighted by atomic mass is 9.78. The number of carbonyl (C=O) groups is 1. The van der Waals surface area contributed by atoms with Gasteiger partial charge in [0.15, 0.2) is 5.78 Å². The van der Waals surface area contributed by atoms with Crippen molar-refractivity contribution in [3.8, 4) is 11.5 Å². The van der Waals surface area contributed by atoms with Crippen molar-refractivity contribution < 1.29 is 14.3 Å². The van der Waals surface area contributed by atoms with Gasteiger partial charge in [0, 0.05) is 32.2 Å². The van der Waals surface area contributed by atoms with Gasteiger partial charge in [-0.25, -0.2) is 0 Å². The average molecular weight is 517 g/mol. The van der Waals surface area contributed by atoms with Gasteiger partial charge in [0.05, 0.1) is 34.3 Å². The molecule has 2 aliphatic heterocycles. The largest absolute Gasteiger partial charge is 0.493 e. The van der Waals surface area contributed by atoms with Crippen LogP contribution in [0.4, 0.5) is 5.69 Å². The van der Waals surface area contributed by atoms with Crippen LogP contribution < -0.4 is 14.4 Å². The Labute approximate surface area is 218 Å². The van der Waals surface area contributed by atoms with Gasteiger partial charge in [-0.3, -0.25) is 9.69 Å². The van der Waals surface area contributed by atoms with Gasteiger partial charge in [-0.1, -0.05) is 35.7 Å². The van der Waals surface area contributed by atoms with Crippen LogP contribution in [0.1, 0.15) is 61.7 Å². The van der Waals surface area contributed by atoms with Crippen molar-refractivity contribution in [3.63, 3.8) is 0 Å². The minimum Gasteiger partial charge on any atom is -0.493 e. The molecule has 7 heteroatoms. The molecule has 2 heterocycles. The number of halogens is 2. The highest BCUT2D eigenvalue weighted by Gasteiger charge is 2.41. The maximum Gasteiger partial charge on any atom is 0.170 e. The van der Waals surface area contributed by atoms with Gasteiger partial charge in [0.2, 0.25) is 0 Å². The summed E-state index contributed by atoms with van der Waals surface area (Å²) in [6, 6.07) is 11.5. The third-order valence-corrected chi connectivity index (χ3v) is 8.42. The van der Waals surface area contributed by atoms with E-state index in [2.05, 4.69) is 9.80 Å². The third-order valence-electron chi connectivity index (χ3n) is 7.61. The minimum absolute atomic E-state index is 0.206. The van der Waals surface area contributed by atoms with Crippen LogP contribution in [0, 0.1) is 0 Å². The van der Waals surface area contributed by atoms with Crippen LogP contribution in [0.3, 0.4) is 0 Å². The molecule has 2 aromatic rings. The fourth-order valence-electron chi connectivity index (χ4n) is 5.62. The Hall–Kier alpha value is -1.95. The number of ketones is 1. The summed E-state index contributed by atoms with van der Waals surface area (Å²) in [5, 5.41) is 1.25. The number of ether oxygens (including phenoxy) is 2. The summed E-state index contributed by atoms with van der Waals surface area (Å²) in [7, 11) is 0. The van der Waals surface area contributed by atoms with E-state index in [0.29, 0.717) is 34.4 Å². The molecule has 0 bridgehead atoms. The Bertz CT molecular complexity index is 1050. The monoisotopic (exact) mass is 516 g/mol. The lowest BCUT2D eigenvalue weighted by Gasteiger charge is -2.40. The van der Waals surface area contributed by atoms with Gasteiger partial charge in [0.25, 0.3) is 0 Å². The number of benzene rings is 2. The molecule has 0 N–H and O–H groups in total. The summed E-state index contributed by atoms with van der Waals surface area (Å²) >= 11 is 12.6. The average Bonchev–Trinajstić information content (AvgIpc) is 2.86. The first-order valence-electron chi connectivity index (χ1n) is 12.9. The number of hydrogen-bond acceptors (Lipinski definition) is 5. The maximum atomic E-state index is 12.7. The summed E-state index contributed by atoms with van der Waals surface area (Å²) < 4.78 is 12.4. The van der Waals surface area contributed by atoms with Crippen molar-refractivity contribution in [2.45, 2.75) is 57.0 Å². The smallest absolute Gasteiger partial charge is 0.170 e. The number of fused-ring (bicyclic) bond motifs is 1. The van der Waals surface area contributed by atoms with Crippen molar-refractivity contribution in [3.05, 3.63) is 52.0 Å². The van der Waals surface area contributed by atoms with Crippen LogP contribution in [-0.2, 0) is 0 Å². The Balaban J connectivity index is 1.05. The van der Waals surface area contributed by atoms with E-state index in [1.165, 1.54) is 6.42 Å².